The Balaban J connectivity index is 1.76. The molecular weight excluding hydrogens is 297 g/mol. The van der Waals surface area contributed by atoms with Crippen molar-refractivity contribution in [1.29, 1.82) is 0 Å². The summed E-state index contributed by atoms with van der Waals surface area (Å²) in [7, 11) is 3.86. The number of halogens is 1. The largest absolute Gasteiger partial charge is 0.355 e. The SMILES string of the molecule is CN(C)CCNC(=O)C1(C(=O)NCCc2ccc(F)cc2)CC1. The second-order valence-electron chi connectivity index (χ2n) is 6.27. The lowest BCUT2D eigenvalue weighted by molar-refractivity contribution is -0.137. The molecule has 1 aliphatic carbocycles. The molecule has 1 fully saturated rings. The Morgan fingerprint density at radius 2 is 1.65 bits per heavy atom. The number of rotatable bonds is 8. The molecule has 1 aromatic rings. The van der Waals surface area contributed by atoms with Crippen LogP contribution in [0.4, 0.5) is 4.39 Å². The van der Waals surface area contributed by atoms with E-state index >= 15 is 0 Å². The molecular formula is C17H24FN3O2. The molecule has 0 aromatic heterocycles. The fourth-order valence-electron chi connectivity index (χ4n) is 2.39. The van der Waals surface area contributed by atoms with Gasteiger partial charge in [0.15, 0.2) is 0 Å². The van der Waals surface area contributed by atoms with Gasteiger partial charge in [-0.3, -0.25) is 9.59 Å². The topological polar surface area (TPSA) is 61.4 Å². The summed E-state index contributed by atoms with van der Waals surface area (Å²) < 4.78 is 12.8. The summed E-state index contributed by atoms with van der Waals surface area (Å²) in [4.78, 5) is 26.4. The molecule has 1 saturated carbocycles. The normalized spacial score (nSPS) is 15.3. The van der Waals surface area contributed by atoms with E-state index in [2.05, 4.69) is 10.6 Å². The van der Waals surface area contributed by atoms with Crippen molar-refractivity contribution < 1.29 is 14.0 Å². The van der Waals surface area contributed by atoms with Crippen molar-refractivity contribution in [2.24, 2.45) is 5.41 Å². The van der Waals surface area contributed by atoms with Crippen molar-refractivity contribution in [2.45, 2.75) is 19.3 Å². The molecule has 1 aromatic carbocycles. The fourth-order valence-corrected chi connectivity index (χ4v) is 2.39. The van der Waals surface area contributed by atoms with E-state index in [-0.39, 0.29) is 17.6 Å². The van der Waals surface area contributed by atoms with Crippen molar-refractivity contribution >= 4 is 11.8 Å². The third-order valence-electron chi connectivity index (χ3n) is 4.08. The van der Waals surface area contributed by atoms with Gasteiger partial charge in [0.1, 0.15) is 11.2 Å². The number of carbonyl (C=O) groups excluding carboxylic acids is 2. The molecule has 2 rings (SSSR count). The average Bonchev–Trinajstić information content (AvgIpc) is 3.30. The summed E-state index contributed by atoms with van der Waals surface area (Å²) in [6, 6.07) is 6.19. The molecule has 5 nitrogen and oxygen atoms in total. The van der Waals surface area contributed by atoms with Crippen LogP contribution in [0.5, 0.6) is 0 Å². The summed E-state index contributed by atoms with van der Waals surface area (Å²) in [5, 5.41) is 5.65. The Morgan fingerprint density at radius 1 is 1.09 bits per heavy atom. The Morgan fingerprint density at radius 3 is 2.17 bits per heavy atom. The van der Waals surface area contributed by atoms with E-state index in [0.717, 1.165) is 12.1 Å². The quantitative estimate of drug-likeness (QED) is 0.701. The van der Waals surface area contributed by atoms with Gasteiger partial charge in [-0.05, 0) is 51.1 Å². The summed E-state index contributed by atoms with van der Waals surface area (Å²) >= 11 is 0. The van der Waals surface area contributed by atoms with Gasteiger partial charge < -0.3 is 15.5 Å². The molecule has 2 N–H and O–H groups in total. The Bertz CT molecular complexity index is 553. The smallest absolute Gasteiger partial charge is 0.235 e. The van der Waals surface area contributed by atoms with Gasteiger partial charge in [0.2, 0.25) is 11.8 Å². The lowest BCUT2D eigenvalue weighted by atomic mass is 10.0. The molecule has 0 radical (unpaired) electrons. The highest BCUT2D eigenvalue weighted by atomic mass is 19.1. The van der Waals surface area contributed by atoms with Gasteiger partial charge in [0.25, 0.3) is 0 Å². The first-order valence-corrected chi connectivity index (χ1v) is 7.90. The zero-order chi connectivity index (χ0) is 16.9. The minimum Gasteiger partial charge on any atom is -0.355 e. The van der Waals surface area contributed by atoms with Crippen LogP contribution in [0.3, 0.4) is 0 Å². The van der Waals surface area contributed by atoms with Gasteiger partial charge in [-0.15, -0.1) is 0 Å². The molecule has 0 spiro atoms. The van der Waals surface area contributed by atoms with Gasteiger partial charge in [0, 0.05) is 19.6 Å². The van der Waals surface area contributed by atoms with Gasteiger partial charge >= 0.3 is 0 Å². The lowest BCUT2D eigenvalue weighted by Gasteiger charge is -2.16. The van der Waals surface area contributed by atoms with Crippen LogP contribution in [-0.4, -0.2) is 50.4 Å². The van der Waals surface area contributed by atoms with Crippen molar-refractivity contribution in [3.8, 4) is 0 Å². The van der Waals surface area contributed by atoms with E-state index in [9.17, 15) is 14.0 Å². The molecule has 6 heteroatoms. The second-order valence-corrected chi connectivity index (χ2v) is 6.27. The van der Waals surface area contributed by atoms with Crippen LogP contribution >= 0.6 is 0 Å². The highest BCUT2D eigenvalue weighted by Crippen LogP contribution is 2.46. The molecule has 1 aliphatic rings. The van der Waals surface area contributed by atoms with E-state index < -0.39 is 5.41 Å². The van der Waals surface area contributed by atoms with Crippen LogP contribution in [-0.2, 0) is 16.0 Å². The maximum atomic E-state index is 12.8. The van der Waals surface area contributed by atoms with Gasteiger partial charge in [0.05, 0.1) is 0 Å². The molecule has 0 unspecified atom stereocenters. The number of nitrogens with one attached hydrogen (secondary N) is 2. The molecule has 23 heavy (non-hydrogen) atoms. The third kappa shape index (κ3) is 4.76. The number of amides is 2. The van der Waals surface area contributed by atoms with Crippen molar-refractivity contribution in [3.63, 3.8) is 0 Å². The molecule has 0 heterocycles. The van der Waals surface area contributed by atoms with E-state index in [1.807, 2.05) is 19.0 Å². The highest BCUT2D eigenvalue weighted by Gasteiger charge is 2.56. The minimum atomic E-state index is -0.880. The fraction of sp³-hybridized carbons (Fsp3) is 0.529. The molecule has 126 valence electrons. The maximum absolute atomic E-state index is 12.8. The first kappa shape index (κ1) is 17.4. The van der Waals surface area contributed by atoms with Crippen LogP contribution in [0.15, 0.2) is 24.3 Å². The number of carbonyl (C=O) groups is 2. The van der Waals surface area contributed by atoms with Crippen molar-refractivity contribution in [2.75, 3.05) is 33.7 Å². The van der Waals surface area contributed by atoms with E-state index in [4.69, 9.17) is 0 Å². The first-order valence-electron chi connectivity index (χ1n) is 7.90. The van der Waals surface area contributed by atoms with Gasteiger partial charge in [-0.25, -0.2) is 4.39 Å². The monoisotopic (exact) mass is 321 g/mol. The Hall–Kier alpha value is -1.95. The number of benzene rings is 1. The molecule has 0 bridgehead atoms. The minimum absolute atomic E-state index is 0.182. The lowest BCUT2D eigenvalue weighted by Crippen LogP contribution is -2.45. The molecule has 0 aliphatic heterocycles. The summed E-state index contributed by atoms with van der Waals surface area (Å²) in [6.07, 6.45) is 1.82. The summed E-state index contributed by atoms with van der Waals surface area (Å²) in [6.45, 7) is 1.72. The van der Waals surface area contributed by atoms with Gasteiger partial charge in [-0.2, -0.15) is 0 Å². The number of likely N-dealkylation sites (N-methyl/N-ethyl adjacent to an activating group) is 1. The van der Waals surface area contributed by atoms with E-state index in [1.54, 1.807) is 12.1 Å². The highest BCUT2D eigenvalue weighted by molar-refractivity contribution is 6.07. The summed E-state index contributed by atoms with van der Waals surface area (Å²) in [5.74, 6) is -0.662. The van der Waals surface area contributed by atoms with Crippen molar-refractivity contribution in [3.05, 3.63) is 35.6 Å². The predicted octanol–water partition coefficient (Wildman–Crippen LogP) is 0.942. The van der Waals surface area contributed by atoms with Crippen LogP contribution in [0.25, 0.3) is 0 Å². The Kier molecular flexibility index (Phi) is 5.71. The second kappa shape index (κ2) is 7.55. The number of hydrogen-bond donors (Lipinski definition) is 2. The molecule has 2 amide bonds. The first-order chi connectivity index (χ1) is 10.9. The number of hydrogen-bond acceptors (Lipinski definition) is 3. The Labute approximate surface area is 136 Å². The molecule has 0 saturated heterocycles. The number of nitrogens with zero attached hydrogens (tertiary/aromatic N) is 1. The van der Waals surface area contributed by atoms with Gasteiger partial charge in [-0.1, -0.05) is 12.1 Å². The third-order valence-corrected chi connectivity index (χ3v) is 4.08. The standard InChI is InChI=1S/C17H24FN3O2/c1-21(2)12-11-20-16(23)17(8-9-17)15(22)19-10-7-13-3-5-14(18)6-4-13/h3-6H,7-12H2,1-2H3,(H,19,22)(H,20,23). The molecule has 0 atom stereocenters. The zero-order valence-corrected chi connectivity index (χ0v) is 13.7. The van der Waals surface area contributed by atoms with Crippen molar-refractivity contribution in [1.82, 2.24) is 15.5 Å². The maximum Gasteiger partial charge on any atom is 0.235 e. The van der Waals surface area contributed by atoms with E-state index in [1.165, 1.54) is 12.1 Å². The van der Waals surface area contributed by atoms with Crippen LogP contribution in [0.1, 0.15) is 18.4 Å². The van der Waals surface area contributed by atoms with E-state index in [0.29, 0.717) is 32.4 Å². The van der Waals surface area contributed by atoms with Crippen LogP contribution < -0.4 is 10.6 Å². The zero-order valence-electron chi connectivity index (χ0n) is 13.7. The average molecular weight is 321 g/mol. The van der Waals surface area contributed by atoms with Crippen LogP contribution in [0, 0.1) is 11.2 Å². The summed E-state index contributed by atoms with van der Waals surface area (Å²) in [5.41, 5.74) is 0.0711. The predicted molar refractivity (Wildman–Crippen MR) is 86.3 cm³/mol. The van der Waals surface area contributed by atoms with Crippen LogP contribution in [0.2, 0.25) is 0 Å².